The zero-order chi connectivity index (χ0) is 15.2. The second kappa shape index (κ2) is 7.14. The topological polar surface area (TPSA) is 63.2 Å². The molecule has 2 aromatic rings. The molecule has 0 aliphatic rings. The van der Waals surface area contributed by atoms with Crippen LogP contribution in [0.25, 0.3) is 0 Å². The maximum Gasteiger partial charge on any atom is 0.257 e. The molecule has 21 heavy (non-hydrogen) atoms. The molecule has 0 radical (unpaired) electrons. The molecule has 0 fully saturated rings. The number of benzene rings is 1. The Hall–Kier alpha value is -1.99. The van der Waals surface area contributed by atoms with Crippen LogP contribution in [0, 0.1) is 0 Å². The number of methoxy groups -OCH3 is 1. The second-order valence-electron chi connectivity index (χ2n) is 4.00. The first-order valence-corrected chi connectivity index (χ1v) is 7.16. The molecule has 5 nitrogen and oxygen atoms in total. The summed E-state index contributed by atoms with van der Waals surface area (Å²) in [6.45, 7) is 0. The molecule has 7 heteroatoms. The Bertz CT molecular complexity index is 644. The van der Waals surface area contributed by atoms with Crippen LogP contribution >= 0.6 is 28.1 Å². The molecule has 0 saturated heterocycles. The van der Waals surface area contributed by atoms with E-state index in [9.17, 15) is 4.79 Å². The highest BCUT2D eigenvalue weighted by Crippen LogP contribution is 2.12. The zero-order valence-corrected chi connectivity index (χ0v) is 13.5. The van der Waals surface area contributed by atoms with Gasteiger partial charge in [0, 0.05) is 16.2 Å². The van der Waals surface area contributed by atoms with Crippen molar-refractivity contribution in [3.05, 3.63) is 52.6 Å². The molecule has 0 saturated carbocycles. The molecule has 108 valence electrons. The number of ether oxygens (including phenoxy) is 1. The van der Waals surface area contributed by atoms with Crippen molar-refractivity contribution in [1.82, 2.24) is 10.3 Å². The lowest BCUT2D eigenvalue weighted by Gasteiger charge is -2.09. The van der Waals surface area contributed by atoms with Gasteiger partial charge in [-0.15, -0.1) is 0 Å². The third-order valence-corrected chi connectivity index (χ3v) is 3.22. The summed E-state index contributed by atoms with van der Waals surface area (Å²) in [6.07, 6.45) is 1.64. The molecule has 0 aliphatic heterocycles. The summed E-state index contributed by atoms with van der Waals surface area (Å²) in [4.78, 5) is 16.1. The maximum atomic E-state index is 12.0. The van der Waals surface area contributed by atoms with Gasteiger partial charge < -0.3 is 10.1 Å². The van der Waals surface area contributed by atoms with E-state index in [1.54, 1.807) is 43.6 Å². The standard InChI is InChI=1S/C14H12BrN3O2S/c1-20-11-5-2-9(3-6-11)13(19)18-14(21)17-12-7-4-10(15)8-16-12/h2-8H,1H3,(H2,16,17,18,19,21). The summed E-state index contributed by atoms with van der Waals surface area (Å²) in [5.74, 6) is 0.941. The number of hydrogen-bond donors (Lipinski definition) is 2. The van der Waals surface area contributed by atoms with Gasteiger partial charge in [0.05, 0.1) is 7.11 Å². The van der Waals surface area contributed by atoms with E-state index in [0.29, 0.717) is 17.1 Å². The van der Waals surface area contributed by atoms with Crippen molar-refractivity contribution in [2.75, 3.05) is 12.4 Å². The van der Waals surface area contributed by atoms with Crippen LogP contribution in [0.3, 0.4) is 0 Å². The minimum absolute atomic E-state index is 0.186. The second-order valence-corrected chi connectivity index (χ2v) is 5.32. The number of pyridine rings is 1. The SMILES string of the molecule is COc1ccc(C(=O)NC(=S)Nc2ccc(Br)cn2)cc1. The maximum absolute atomic E-state index is 12.0. The van der Waals surface area contributed by atoms with Gasteiger partial charge in [-0.3, -0.25) is 10.1 Å². The number of hydrogen-bond acceptors (Lipinski definition) is 4. The van der Waals surface area contributed by atoms with Crippen molar-refractivity contribution in [3.8, 4) is 5.75 Å². The average molecular weight is 366 g/mol. The van der Waals surface area contributed by atoms with Crippen LogP contribution < -0.4 is 15.4 Å². The fourth-order valence-corrected chi connectivity index (χ4v) is 1.95. The largest absolute Gasteiger partial charge is 0.497 e. The number of nitrogens with one attached hydrogen (secondary N) is 2. The molecule has 2 rings (SSSR count). The molecular weight excluding hydrogens is 354 g/mol. The lowest BCUT2D eigenvalue weighted by atomic mass is 10.2. The van der Waals surface area contributed by atoms with Crippen molar-refractivity contribution < 1.29 is 9.53 Å². The molecule has 0 spiro atoms. The minimum Gasteiger partial charge on any atom is -0.497 e. The fraction of sp³-hybridized carbons (Fsp3) is 0.0714. The molecule has 0 aliphatic carbocycles. The Morgan fingerprint density at radius 2 is 1.95 bits per heavy atom. The lowest BCUT2D eigenvalue weighted by molar-refractivity contribution is 0.0977. The zero-order valence-electron chi connectivity index (χ0n) is 11.1. The van der Waals surface area contributed by atoms with Gasteiger partial charge >= 0.3 is 0 Å². The van der Waals surface area contributed by atoms with Gasteiger partial charge in [0.1, 0.15) is 11.6 Å². The Kier molecular flexibility index (Phi) is 5.24. The third-order valence-electron chi connectivity index (χ3n) is 2.55. The van der Waals surface area contributed by atoms with Gasteiger partial charge in [-0.25, -0.2) is 4.98 Å². The van der Waals surface area contributed by atoms with Gasteiger partial charge in [0.15, 0.2) is 5.11 Å². The third kappa shape index (κ3) is 4.51. The number of nitrogens with zero attached hydrogens (tertiary/aromatic N) is 1. The van der Waals surface area contributed by atoms with Gasteiger partial charge in [-0.05, 0) is 64.5 Å². The molecule has 0 bridgehead atoms. The van der Waals surface area contributed by atoms with E-state index in [1.807, 2.05) is 6.07 Å². The minimum atomic E-state index is -0.299. The number of amides is 1. The monoisotopic (exact) mass is 365 g/mol. The highest BCUT2D eigenvalue weighted by molar-refractivity contribution is 9.10. The van der Waals surface area contributed by atoms with Crippen molar-refractivity contribution in [3.63, 3.8) is 0 Å². The van der Waals surface area contributed by atoms with E-state index in [1.165, 1.54) is 0 Å². The van der Waals surface area contributed by atoms with Crippen LogP contribution in [0.2, 0.25) is 0 Å². The normalized spacial score (nSPS) is 9.81. The highest BCUT2D eigenvalue weighted by atomic mass is 79.9. The Balaban J connectivity index is 1.95. The van der Waals surface area contributed by atoms with Crippen LogP contribution in [-0.4, -0.2) is 23.1 Å². The molecule has 1 amide bonds. The van der Waals surface area contributed by atoms with Crippen LogP contribution in [0.5, 0.6) is 5.75 Å². The van der Waals surface area contributed by atoms with E-state index >= 15 is 0 Å². The van der Waals surface area contributed by atoms with E-state index < -0.39 is 0 Å². The first kappa shape index (κ1) is 15.4. The van der Waals surface area contributed by atoms with Gasteiger partial charge in [0.2, 0.25) is 0 Å². The summed E-state index contributed by atoms with van der Waals surface area (Å²) >= 11 is 8.37. The van der Waals surface area contributed by atoms with Gasteiger partial charge in [0.25, 0.3) is 5.91 Å². The molecule has 0 atom stereocenters. The molecular formula is C14H12BrN3O2S. The molecule has 1 heterocycles. The van der Waals surface area contributed by atoms with Crippen LogP contribution in [0.4, 0.5) is 5.82 Å². The Morgan fingerprint density at radius 1 is 1.24 bits per heavy atom. The number of thiocarbonyl (C=S) groups is 1. The van der Waals surface area contributed by atoms with Crippen LogP contribution in [0.1, 0.15) is 10.4 Å². The smallest absolute Gasteiger partial charge is 0.257 e. The van der Waals surface area contributed by atoms with Gasteiger partial charge in [-0.1, -0.05) is 0 Å². The molecule has 1 aromatic carbocycles. The number of aromatic nitrogens is 1. The lowest BCUT2D eigenvalue weighted by Crippen LogP contribution is -2.34. The predicted molar refractivity (Wildman–Crippen MR) is 88.6 cm³/mol. The average Bonchev–Trinajstić information content (AvgIpc) is 2.49. The molecule has 0 unspecified atom stereocenters. The first-order valence-electron chi connectivity index (χ1n) is 5.96. The van der Waals surface area contributed by atoms with Crippen molar-refractivity contribution in [2.45, 2.75) is 0 Å². The number of anilines is 1. The summed E-state index contributed by atoms with van der Waals surface area (Å²) in [6, 6.07) is 10.3. The number of carbonyl (C=O) groups excluding carboxylic acids is 1. The quantitative estimate of drug-likeness (QED) is 0.818. The molecule has 1 aromatic heterocycles. The van der Waals surface area contributed by atoms with Crippen LogP contribution in [-0.2, 0) is 0 Å². The van der Waals surface area contributed by atoms with E-state index in [4.69, 9.17) is 17.0 Å². The van der Waals surface area contributed by atoms with E-state index in [2.05, 4.69) is 31.5 Å². The summed E-state index contributed by atoms with van der Waals surface area (Å²) in [5.41, 5.74) is 0.490. The Labute approximate surface area is 135 Å². The summed E-state index contributed by atoms with van der Waals surface area (Å²) < 4.78 is 5.90. The molecule has 2 N–H and O–H groups in total. The predicted octanol–water partition coefficient (Wildman–Crippen LogP) is 2.98. The van der Waals surface area contributed by atoms with E-state index in [0.717, 1.165) is 4.47 Å². The van der Waals surface area contributed by atoms with Crippen LogP contribution in [0.15, 0.2) is 47.1 Å². The number of halogens is 1. The van der Waals surface area contributed by atoms with Crippen molar-refractivity contribution in [1.29, 1.82) is 0 Å². The summed E-state index contributed by atoms with van der Waals surface area (Å²) in [7, 11) is 1.57. The highest BCUT2D eigenvalue weighted by Gasteiger charge is 2.08. The first-order chi connectivity index (χ1) is 10.1. The van der Waals surface area contributed by atoms with E-state index in [-0.39, 0.29) is 11.0 Å². The fourth-order valence-electron chi connectivity index (χ4n) is 1.52. The number of rotatable bonds is 3. The number of carbonyl (C=O) groups is 1. The Morgan fingerprint density at radius 3 is 2.52 bits per heavy atom. The van der Waals surface area contributed by atoms with Crippen molar-refractivity contribution >= 4 is 45.0 Å². The summed E-state index contributed by atoms with van der Waals surface area (Å²) in [5, 5.41) is 5.61. The van der Waals surface area contributed by atoms with Gasteiger partial charge in [-0.2, -0.15) is 0 Å². The van der Waals surface area contributed by atoms with Crippen molar-refractivity contribution in [2.24, 2.45) is 0 Å².